The van der Waals surface area contributed by atoms with E-state index in [0.717, 1.165) is 39.8 Å². The number of hydrogen-bond donors (Lipinski definition) is 0. The predicted octanol–water partition coefficient (Wildman–Crippen LogP) is 8.14. The molecule has 0 radical (unpaired) electrons. The average Bonchev–Trinajstić information content (AvgIpc) is 3.61. The molecule has 0 unspecified atom stereocenters. The van der Waals surface area contributed by atoms with Crippen LogP contribution < -0.4 is 0 Å². The normalized spacial score (nSPS) is 14.1. The van der Waals surface area contributed by atoms with Gasteiger partial charge in [0.15, 0.2) is 0 Å². The van der Waals surface area contributed by atoms with Crippen LogP contribution in [0.15, 0.2) is 103 Å². The minimum absolute atomic E-state index is 0.0448. The fraction of sp³-hybridized carbons (Fsp3) is 0.129. The SMILES string of the molecule is CN(C(=O)c1cccc(-c2ccc3sc(-c4ccc(F)cc4)cc3c2)c1)C1(c2ccccc2)CC1. The topological polar surface area (TPSA) is 20.3 Å². The highest BCUT2D eigenvalue weighted by Crippen LogP contribution is 2.50. The average molecular weight is 478 g/mol. The van der Waals surface area contributed by atoms with E-state index in [1.165, 1.54) is 22.4 Å². The molecule has 1 aliphatic rings. The van der Waals surface area contributed by atoms with Gasteiger partial charge in [0.2, 0.25) is 0 Å². The Bertz CT molecular complexity index is 1530. The van der Waals surface area contributed by atoms with Gasteiger partial charge in [-0.1, -0.05) is 60.7 Å². The number of benzene rings is 4. The van der Waals surface area contributed by atoms with Crippen LogP contribution in [0.25, 0.3) is 31.7 Å². The van der Waals surface area contributed by atoms with E-state index in [-0.39, 0.29) is 17.3 Å². The molecule has 1 saturated carbocycles. The Morgan fingerprint density at radius 1 is 0.800 bits per heavy atom. The Morgan fingerprint density at radius 3 is 2.26 bits per heavy atom. The van der Waals surface area contributed by atoms with Crippen molar-refractivity contribution < 1.29 is 9.18 Å². The standard InChI is InChI=1S/C31H24FNOS/c1-33(31(16-17-31)26-8-3-2-4-9-26)30(34)24-7-5-6-22(18-24)23-12-15-28-25(19-23)20-29(35-28)21-10-13-27(32)14-11-21/h2-15,18-20H,16-17H2,1H3. The third-order valence-electron chi connectivity index (χ3n) is 7.07. The largest absolute Gasteiger partial charge is 0.332 e. The van der Waals surface area contributed by atoms with Crippen molar-refractivity contribution in [3.63, 3.8) is 0 Å². The lowest BCUT2D eigenvalue weighted by molar-refractivity contribution is 0.0705. The molecule has 5 aromatic rings. The maximum atomic E-state index is 13.5. The van der Waals surface area contributed by atoms with E-state index in [2.05, 4.69) is 42.5 Å². The molecule has 1 heterocycles. The van der Waals surface area contributed by atoms with Crippen LogP contribution in [-0.2, 0) is 5.54 Å². The summed E-state index contributed by atoms with van der Waals surface area (Å²) in [5, 5.41) is 1.14. The summed E-state index contributed by atoms with van der Waals surface area (Å²) in [6.45, 7) is 0. The number of hydrogen-bond acceptors (Lipinski definition) is 2. The van der Waals surface area contributed by atoms with Gasteiger partial charge in [-0.15, -0.1) is 11.3 Å². The first-order valence-electron chi connectivity index (χ1n) is 11.8. The van der Waals surface area contributed by atoms with Crippen molar-refractivity contribution in [1.82, 2.24) is 4.90 Å². The summed E-state index contributed by atoms with van der Waals surface area (Å²) in [7, 11) is 1.92. The van der Waals surface area contributed by atoms with E-state index < -0.39 is 0 Å². The zero-order valence-electron chi connectivity index (χ0n) is 19.4. The second-order valence-corrected chi connectivity index (χ2v) is 10.3. The van der Waals surface area contributed by atoms with Crippen LogP contribution in [0, 0.1) is 5.82 Å². The fourth-order valence-electron chi connectivity index (χ4n) is 4.88. The molecule has 1 aliphatic carbocycles. The third kappa shape index (κ3) is 3.94. The zero-order chi connectivity index (χ0) is 24.0. The quantitative estimate of drug-likeness (QED) is 0.250. The monoisotopic (exact) mass is 477 g/mol. The lowest BCUT2D eigenvalue weighted by atomic mass is 9.99. The van der Waals surface area contributed by atoms with Gasteiger partial charge in [-0.05, 0) is 82.9 Å². The van der Waals surface area contributed by atoms with Gasteiger partial charge in [-0.25, -0.2) is 4.39 Å². The Balaban J connectivity index is 1.30. The Hall–Kier alpha value is -3.76. The zero-order valence-corrected chi connectivity index (χ0v) is 20.2. The van der Waals surface area contributed by atoms with Gasteiger partial charge < -0.3 is 4.90 Å². The molecule has 0 atom stereocenters. The van der Waals surface area contributed by atoms with Crippen LogP contribution in [0.2, 0.25) is 0 Å². The van der Waals surface area contributed by atoms with Crippen molar-refractivity contribution >= 4 is 27.3 Å². The number of halogens is 1. The number of nitrogens with zero attached hydrogens (tertiary/aromatic N) is 1. The van der Waals surface area contributed by atoms with Crippen molar-refractivity contribution in [2.45, 2.75) is 18.4 Å². The van der Waals surface area contributed by atoms with Crippen molar-refractivity contribution in [3.05, 3.63) is 120 Å². The first-order valence-corrected chi connectivity index (χ1v) is 12.6. The molecule has 1 aromatic heterocycles. The van der Waals surface area contributed by atoms with E-state index in [9.17, 15) is 9.18 Å². The maximum absolute atomic E-state index is 13.5. The molecule has 172 valence electrons. The first-order chi connectivity index (χ1) is 17.0. The van der Waals surface area contributed by atoms with Crippen LogP contribution in [0.3, 0.4) is 0 Å². The molecule has 0 spiro atoms. The van der Waals surface area contributed by atoms with Crippen LogP contribution in [0.1, 0.15) is 28.8 Å². The lowest BCUT2D eigenvalue weighted by Gasteiger charge is -2.29. The molecule has 1 fully saturated rings. The molecule has 35 heavy (non-hydrogen) atoms. The highest BCUT2D eigenvalue weighted by Gasteiger charge is 2.49. The molecule has 0 bridgehead atoms. The number of amides is 1. The summed E-state index contributed by atoms with van der Waals surface area (Å²) in [5.74, 6) is -0.183. The number of carbonyl (C=O) groups is 1. The molecule has 0 N–H and O–H groups in total. The van der Waals surface area contributed by atoms with Gasteiger partial charge in [0, 0.05) is 22.2 Å². The fourth-order valence-corrected chi connectivity index (χ4v) is 5.93. The van der Waals surface area contributed by atoms with Gasteiger partial charge in [0.1, 0.15) is 5.82 Å². The molecule has 4 heteroatoms. The van der Waals surface area contributed by atoms with E-state index >= 15 is 0 Å². The summed E-state index contributed by atoms with van der Waals surface area (Å²) in [6, 6.07) is 33.4. The van der Waals surface area contributed by atoms with Gasteiger partial charge in [-0.2, -0.15) is 0 Å². The number of thiophene rings is 1. The molecule has 2 nitrogen and oxygen atoms in total. The van der Waals surface area contributed by atoms with Gasteiger partial charge in [0.25, 0.3) is 5.91 Å². The van der Waals surface area contributed by atoms with E-state index in [0.29, 0.717) is 5.56 Å². The van der Waals surface area contributed by atoms with Crippen molar-refractivity contribution in [2.24, 2.45) is 0 Å². The van der Waals surface area contributed by atoms with Crippen molar-refractivity contribution in [1.29, 1.82) is 0 Å². The molecule has 0 aliphatic heterocycles. The van der Waals surface area contributed by atoms with Gasteiger partial charge in [0.05, 0.1) is 5.54 Å². The highest BCUT2D eigenvalue weighted by atomic mass is 32.1. The molecule has 6 rings (SSSR count). The molecule has 4 aromatic carbocycles. The molecule has 1 amide bonds. The van der Waals surface area contributed by atoms with Crippen LogP contribution >= 0.6 is 11.3 Å². The Morgan fingerprint density at radius 2 is 1.51 bits per heavy atom. The van der Waals surface area contributed by atoms with E-state index in [1.54, 1.807) is 11.3 Å². The predicted molar refractivity (Wildman–Crippen MR) is 142 cm³/mol. The van der Waals surface area contributed by atoms with Crippen LogP contribution in [-0.4, -0.2) is 17.9 Å². The minimum Gasteiger partial charge on any atom is -0.332 e. The van der Waals surface area contributed by atoms with E-state index in [1.807, 2.05) is 60.5 Å². The summed E-state index contributed by atoms with van der Waals surface area (Å²) in [4.78, 5) is 16.5. The van der Waals surface area contributed by atoms with Gasteiger partial charge >= 0.3 is 0 Å². The Labute approximate surface area is 208 Å². The van der Waals surface area contributed by atoms with Crippen molar-refractivity contribution in [2.75, 3.05) is 7.05 Å². The lowest BCUT2D eigenvalue weighted by Crippen LogP contribution is -2.37. The number of fused-ring (bicyclic) bond motifs is 1. The maximum Gasteiger partial charge on any atom is 0.254 e. The van der Waals surface area contributed by atoms with Gasteiger partial charge in [-0.3, -0.25) is 4.79 Å². The number of carbonyl (C=O) groups excluding carboxylic acids is 1. The minimum atomic E-state index is -0.228. The molecule has 0 saturated heterocycles. The summed E-state index contributed by atoms with van der Waals surface area (Å²) in [6.07, 6.45) is 1.98. The second kappa shape index (κ2) is 8.47. The Kier molecular flexibility index (Phi) is 5.27. The highest BCUT2D eigenvalue weighted by molar-refractivity contribution is 7.22. The summed E-state index contributed by atoms with van der Waals surface area (Å²) < 4.78 is 14.5. The third-order valence-corrected chi connectivity index (χ3v) is 8.23. The first kappa shape index (κ1) is 21.8. The second-order valence-electron chi connectivity index (χ2n) is 9.21. The van der Waals surface area contributed by atoms with Crippen LogP contribution in [0.5, 0.6) is 0 Å². The smallest absolute Gasteiger partial charge is 0.254 e. The molecular formula is C31H24FNOS. The van der Waals surface area contributed by atoms with E-state index in [4.69, 9.17) is 0 Å². The van der Waals surface area contributed by atoms with Crippen molar-refractivity contribution in [3.8, 4) is 21.6 Å². The number of rotatable bonds is 5. The van der Waals surface area contributed by atoms with Crippen LogP contribution in [0.4, 0.5) is 4.39 Å². The summed E-state index contributed by atoms with van der Waals surface area (Å²) in [5.41, 5.74) is 4.81. The summed E-state index contributed by atoms with van der Waals surface area (Å²) >= 11 is 1.70. The molecular weight excluding hydrogens is 453 g/mol.